The van der Waals surface area contributed by atoms with E-state index in [0.29, 0.717) is 5.69 Å². The van der Waals surface area contributed by atoms with Crippen molar-refractivity contribution in [2.75, 3.05) is 22.5 Å². The molecule has 0 saturated carbocycles. The number of benzene rings is 3. The van der Waals surface area contributed by atoms with Gasteiger partial charge in [0.15, 0.2) is 0 Å². The maximum absolute atomic E-state index is 13.6. The fourth-order valence-corrected chi connectivity index (χ4v) is 2.63. The average Bonchev–Trinajstić information content (AvgIpc) is 2.62. The lowest BCUT2D eigenvalue weighted by Gasteiger charge is -2.11. The van der Waals surface area contributed by atoms with Gasteiger partial charge in [0.05, 0.1) is 12.2 Å². The van der Waals surface area contributed by atoms with Crippen molar-refractivity contribution in [3.63, 3.8) is 0 Å². The topological polar surface area (TPSA) is 70.2 Å². The Hall–Kier alpha value is -3.41. The van der Waals surface area contributed by atoms with Crippen molar-refractivity contribution >= 4 is 39.6 Å². The van der Waals surface area contributed by atoms with E-state index in [-0.39, 0.29) is 24.0 Å². The van der Waals surface area contributed by atoms with Crippen LogP contribution in [0.15, 0.2) is 60.7 Å². The molecule has 0 aliphatic carbocycles. The molecular formula is C20H18FN3O2. The van der Waals surface area contributed by atoms with E-state index in [0.717, 1.165) is 16.5 Å². The predicted molar refractivity (Wildman–Crippen MR) is 102 cm³/mol. The number of anilines is 3. The maximum Gasteiger partial charge on any atom is 0.243 e. The first-order valence-electron chi connectivity index (χ1n) is 8.11. The van der Waals surface area contributed by atoms with Crippen LogP contribution in [0.3, 0.4) is 0 Å². The number of halogens is 1. The Balaban J connectivity index is 1.66. The van der Waals surface area contributed by atoms with Crippen molar-refractivity contribution in [2.45, 2.75) is 6.92 Å². The quantitative estimate of drug-likeness (QED) is 0.651. The predicted octanol–water partition coefficient (Wildman–Crippen LogP) is 3.99. The molecule has 0 radical (unpaired) electrons. The SMILES string of the molecule is CC(=O)Nc1cc(NCC(=O)Nc2cccc3ccccc23)ccc1F. The molecule has 3 rings (SSSR count). The molecule has 0 saturated heterocycles. The van der Waals surface area contributed by atoms with Crippen molar-refractivity contribution in [3.05, 3.63) is 66.5 Å². The molecule has 0 aliphatic heterocycles. The Morgan fingerprint density at radius 2 is 1.69 bits per heavy atom. The highest BCUT2D eigenvalue weighted by Gasteiger charge is 2.08. The van der Waals surface area contributed by atoms with Crippen LogP contribution in [-0.4, -0.2) is 18.4 Å². The molecule has 0 bridgehead atoms. The van der Waals surface area contributed by atoms with Crippen molar-refractivity contribution in [1.82, 2.24) is 0 Å². The van der Waals surface area contributed by atoms with Gasteiger partial charge in [0.1, 0.15) is 5.82 Å². The third-order valence-corrected chi connectivity index (χ3v) is 3.79. The second-order valence-corrected chi connectivity index (χ2v) is 5.80. The summed E-state index contributed by atoms with van der Waals surface area (Å²) in [6.07, 6.45) is 0. The Labute approximate surface area is 150 Å². The highest BCUT2D eigenvalue weighted by molar-refractivity contribution is 6.03. The third kappa shape index (κ3) is 4.16. The van der Waals surface area contributed by atoms with E-state index in [1.54, 1.807) is 0 Å². The average molecular weight is 351 g/mol. The molecule has 132 valence electrons. The summed E-state index contributed by atoms with van der Waals surface area (Å²) in [7, 11) is 0. The zero-order valence-corrected chi connectivity index (χ0v) is 14.2. The normalized spacial score (nSPS) is 10.4. The smallest absolute Gasteiger partial charge is 0.243 e. The van der Waals surface area contributed by atoms with Crippen molar-refractivity contribution < 1.29 is 14.0 Å². The maximum atomic E-state index is 13.6. The molecule has 26 heavy (non-hydrogen) atoms. The first-order valence-corrected chi connectivity index (χ1v) is 8.11. The minimum Gasteiger partial charge on any atom is -0.376 e. The summed E-state index contributed by atoms with van der Waals surface area (Å²) in [6, 6.07) is 17.7. The van der Waals surface area contributed by atoms with Gasteiger partial charge >= 0.3 is 0 Å². The Morgan fingerprint density at radius 3 is 2.50 bits per heavy atom. The van der Waals surface area contributed by atoms with Crippen LogP contribution in [0.1, 0.15) is 6.92 Å². The van der Waals surface area contributed by atoms with Gasteiger partial charge in [-0.1, -0.05) is 36.4 Å². The molecule has 0 unspecified atom stereocenters. The number of carbonyl (C=O) groups is 2. The lowest BCUT2D eigenvalue weighted by molar-refractivity contribution is -0.115. The van der Waals surface area contributed by atoms with Crippen LogP contribution < -0.4 is 16.0 Å². The second kappa shape index (κ2) is 7.65. The summed E-state index contributed by atoms with van der Waals surface area (Å²) in [4.78, 5) is 23.3. The Morgan fingerprint density at radius 1 is 0.923 bits per heavy atom. The molecule has 0 aromatic heterocycles. The zero-order valence-electron chi connectivity index (χ0n) is 14.2. The molecule has 5 nitrogen and oxygen atoms in total. The summed E-state index contributed by atoms with van der Waals surface area (Å²) in [5, 5.41) is 10.2. The van der Waals surface area contributed by atoms with Crippen molar-refractivity contribution in [1.29, 1.82) is 0 Å². The van der Waals surface area contributed by atoms with Gasteiger partial charge in [-0.2, -0.15) is 0 Å². The standard InChI is InChI=1S/C20H18FN3O2/c1-13(25)23-19-11-15(9-10-17(19)21)22-12-20(26)24-18-8-4-6-14-5-2-3-7-16(14)18/h2-11,22H,12H2,1H3,(H,23,25)(H,24,26). The second-order valence-electron chi connectivity index (χ2n) is 5.80. The third-order valence-electron chi connectivity index (χ3n) is 3.79. The van der Waals surface area contributed by atoms with Crippen LogP contribution >= 0.6 is 0 Å². The summed E-state index contributed by atoms with van der Waals surface area (Å²) in [5.41, 5.74) is 1.33. The Bertz CT molecular complexity index is 967. The van der Waals surface area contributed by atoms with E-state index in [9.17, 15) is 14.0 Å². The molecule has 3 N–H and O–H groups in total. The van der Waals surface area contributed by atoms with Crippen LogP contribution in [0.25, 0.3) is 10.8 Å². The van der Waals surface area contributed by atoms with Gasteiger partial charge in [-0.3, -0.25) is 9.59 Å². The number of rotatable bonds is 5. The van der Waals surface area contributed by atoms with Crippen LogP contribution in [0, 0.1) is 5.82 Å². The lowest BCUT2D eigenvalue weighted by Crippen LogP contribution is -2.22. The van der Waals surface area contributed by atoms with Crippen LogP contribution in [0.2, 0.25) is 0 Å². The van der Waals surface area contributed by atoms with E-state index in [4.69, 9.17) is 0 Å². The summed E-state index contributed by atoms with van der Waals surface area (Å²) in [5.74, 6) is -1.13. The molecule has 6 heteroatoms. The van der Waals surface area contributed by atoms with E-state index in [1.807, 2.05) is 42.5 Å². The monoisotopic (exact) mass is 351 g/mol. The van der Waals surface area contributed by atoms with E-state index in [1.165, 1.54) is 25.1 Å². The van der Waals surface area contributed by atoms with Crippen LogP contribution in [-0.2, 0) is 9.59 Å². The lowest BCUT2D eigenvalue weighted by atomic mass is 10.1. The summed E-state index contributed by atoms with van der Waals surface area (Å²) in [6.45, 7) is 1.31. The van der Waals surface area contributed by atoms with Crippen LogP contribution in [0.5, 0.6) is 0 Å². The molecule has 0 heterocycles. The van der Waals surface area contributed by atoms with Gasteiger partial charge < -0.3 is 16.0 Å². The fraction of sp³-hybridized carbons (Fsp3) is 0.100. The van der Waals surface area contributed by atoms with Crippen LogP contribution in [0.4, 0.5) is 21.5 Å². The number of nitrogens with one attached hydrogen (secondary N) is 3. The molecular weight excluding hydrogens is 333 g/mol. The first-order chi connectivity index (χ1) is 12.5. The van der Waals surface area contributed by atoms with Gasteiger partial charge in [0.25, 0.3) is 0 Å². The molecule has 0 atom stereocenters. The van der Waals surface area contributed by atoms with Gasteiger partial charge in [-0.25, -0.2) is 4.39 Å². The number of amides is 2. The van der Waals surface area contributed by atoms with E-state index < -0.39 is 5.82 Å². The molecule has 0 aliphatic rings. The number of carbonyl (C=O) groups excluding carboxylic acids is 2. The van der Waals surface area contributed by atoms with Gasteiger partial charge in [0.2, 0.25) is 11.8 Å². The summed E-state index contributed by atoms with van der Waals surface area (Å²) < 4.78 is 13.6. The highest BCUT2D eigenvalue weighted by atomic mass is 19.1. The number of hydrogen-bond donors (Lipinski definition) is 3. The number of hydrogen-bond acceptors (Lipinski definition) is 3. The largest absolute Gasteiger partial charge is 0.376 e. The number of fused-ring (bicyclic) bond motifs is 1. The van der Waals surface area contributed by atoms with Gasteiger partial charge in [-0.15, -0.1) is 0 Å². The minimum absolute atomic E-state index is 0.00830. The molecule has 2 amide bonds. The first kappa shape index (κ1) is 17.4. The van der Waals surface area contributed by atoms with E-state index in [2.05, 4.69) is 16.0 Å². The Kier molecular flexibility index (Phi) is 5.12. The molecule has 0 spiro atoms. The van der Waals surface area contributed by atoms with Gasteiger partial charge in [-0.05, 0) is 29.7 Å². The summed E-state index contributed by atoms with van der Waals surface area (Å²) >= 11 is 0. The minimum atomic E-state index is -0.536. The zero-order chi connectivity index (χ0) is 18.5. The molecule has 3 aromatic carbocycles. The molecule has 0 fully saturated rings. The highest BCUT2D eigenvalue weighted by Crippen LogP contribution is 2.23. The fourth-order valence-electron chi connectivity index (χ4n) is 2.63. The van der Waals surface area contributed by atoms with Crippen molar-refractivity contribution in [3.8, 4) is 0 Å². The van der Waals surface area contributed by atoms with Gasteiger partial charge in [0, 0.05) is 23.7 Å². The van der Waals surface area contributed by atoms with Crippen molar-refractivity contribution in [2.24, 2.45) is 0 Å². The van der Waals surface area contributed by atoms with E-state index >= 15 is 0 Å². The molecule has 3 aromatic rings.